The maximum Gasteiger partial charge on any atom is 0.165 e. The van der Waals surface area contributed by atoms with Gasteiger partial charge < -0.3 is 68.3 Å². The second-order valence-corrected chi connectivity index (χ2v) is 32.0. The minimum atomic E-state index is -0.219. The van der Waals surface area contributed by atoms with E-state index in [0.717, 1.165) is 200 Å². The number of hydrogen-bond acceptors (Lipinski definition) is 17. The van der Waals surface area contributed by atoms with Crippen molar-refractivity contribution in [2.45, 2.75) is 147 Å². The van der Waals surface area contributed by atoms with E-state index < -0.39 is 0 Å². The molecule has 1 fully saturated rings. The molecule has 5 N–H and O–H groups in total. The Balaban J connectivity index is 0.000000150. The first kappa shape index (κ1) is 84.0. The molecule has 0 aliphatic carbocycles. The molecule has 1 saturated heterocycles. The highest BCUT2D eigenvalue weighted by atomic mass is 16.3. The molecular weight excluding hydrogens is 1440 g/mol. The van der Waals surface area contributed by atoms with E-state index in [1.807, 2.05) is 96.2 Å². The Morgan fingerprint density at radius 1 is 0.439 bits per heavy atom. The van der Waals surface area contributed by atoms with Crippen molar-refractivity contribution in [2.75, 3.05) is 81.6 Å². The zero-order valence-electron chi connectivity index (χ0n) is 69.3. The van der Waals surface area contributed by atoms with Crippen molar-refractivity contribution >= 4 is 133 Å². The molecule has 21 heteroatoms. The monoisotopic (exact) mass is 1550 g/mol. The van der Waals surface area contributed by atoms with Gasteiger partial charge in [0.25, 0.3) is 0 Å². The fourth-order valence-electron chi connectivity index (χ4n) is 16.5. The lowest BCUT2D eigenvalue weighted by atomic mass is 9.97. The summed E-state index contributed by atoms with van der Waals surface area (Å²) >= 11 is 0. The van der Waals surface area contributed by atoms with Crippen LogP contribution in [0.1, 0.15) is 192 Å². The number of aromatic hydroxyl groups is 5. The Kier molecular flexibility index (Phi) is 25.6. The summed E-state index contributed by atoms with van der Waals surface area (Å²) in [5.41, 5.74) is 13.3. The molecule has 21 nitrogen and oxygen atoms in total. The third-order valence-electron chi connectivity index (χ3n) is 22.9. The summed E-state index contributed by atoms with van der Waals surface area (Å²) in [6, 6.07) is 33.5. The van der Waals surface area contributed by atoms with Crippen molar-refractivity contribution in [3.63, 3.8) is 0 Å². The van der Waals surface area contributed by atoms with Gasteiger partial charge in [0.1, 0.15) is 28.7 Å². The molecule has 0 radical (unpaired) electrons. The van der Waals surface area contributed by atoms with Crippen molar-refractivity contribution in [3.8, 4) is 28.7 Å². The third-order valence-corrected chi connectivity index (χ3v) is 22.9. The van der Waals surface area contributed by atoms with E-state index in [1.54, 1.807) is 61.5 Å². The van der Waals surface area contributed by atoms with Gasteiger partial charge in [0.2, 0.25) is 0 Å². The molecule has 0 saturated carbocycles. The number of hydrogen-bond donors (Lipinski definition) is 5. The summed E-state index contributed by atoms with van der Waals surface area (Å²) in [7, 11) is 12.3. The molecule has 0 bridgehead atoms. The second kappa shape index (κ2) is 34.8. The largest absolute Gasteiger partial charge is 0.507 e. The SMILES string of the molecule is C=C1c2c(O)cc3c(c2CN1C)c1cc(C(C)=O)c(O)cc1n3CCCN(C)C.CC(=O)c1cc2c3cc(C(C)=O)c(O)cc3n(CCC3CCCN3C)c2cc1O.CC(C)C(=O)c1ccc2c(c1)c1cc(C(=O)C(C)C)ccc1n2CCCN(C)C.CCN(CC)CCn1c2ccc(C(C)=O)cc2c2cc(C(C)=O)c(O)cc21. The van der Waals surface area contributed by atoms with E-state index in [4.69, 9.17) is 0 Å². The number of phenolic OH excluding ortho intramolecular Hbond substituents is 5. The highest BCUT2D eigenvalue weighted by Gasteiger charge is 2.31. The van der Waals surface area contributed by atoms with Gasteiger partial charge in [0.15, 0.2) is 40.5 Å². The second-order valence-electron chi connectivity index (χ2n) is 32.0. The van der Waals surface area contributed by atoms with E-state index in [9.17, 15) is 59.1 Å². The highest BCUT2D eigenvalue weighted by Crippen LogP contribution is 2.47. The number of nitrogens with zero attached hydrogens (tertiary/aromatic N) is 9. The Hall–Kier alpha value is -11.0. The van der Waals surface area contributed by atoms with E-state index in [1.165, 1.54) is 34.1 Å². The van der Waals surface area contributed by atoms with Crippen LogP contribution in [0, 0.1) is 11.8 Å². The summed E-state index contributed by atoms with van der Waals surface area (Å²) in [6.45, 7) is 33.0. The first-order valence-corrected chi connectivity index (χ1v) is 39.7. The van der Waals surface area contributed by atoms with Gasteiger partial charge in [-0.1, -0.05) is 48.1 Å². The quantitative estimate of drug-likeness (QED) is 0.0333. The molecule has 4 aromatic heterocycles. The molecule has 1 unspecified atom stereocenters. The molecular formula is C93H111N9O12. The number of benzene rings is 8. The first-order chi connectivity index (χ1) is 54.0. The van der Waals surface area contributed by atoms with Gasteiger partial charge in [-0.05, 0) is 219 Å². The molecule has 2 aliphatic heterocycles. The van der Waals surface area contributed by atoms with E-state index in [-0.39, 0.29) is 92.2 Å². The van der Waals surface area contributed by atoms with Crippen LogP contribution in [-0.4, -0.2) is 196 Å². The lowest BCUT2D eigenvalue weighted by Crippen LogP contribution is -2.26. The molecule has 6 heterocycles. The fraction of sp³-hybridized carbons (Fsp3) is 0.387. The maximum atomic E-state index is 12.6. The summed E-state index contributed by atoms with van der Waals surface area (Å²) in [6.07, 6.45) is 5.25. The smallest absolute Gasteiger partial charge is 0.165 e. The maximum absolute atomic E-state index is 12.6. The Morgan fingerprint density at radius 2 is 0.798 bits per heavy atom. The number of carbonyl (C=O) groups excluding carboxylic acids is 7. The standard InChI is InChI=1S/C25H32N2O2.C23H27N3O3.C23H26N2O4.C22H26N2O3/c1-16(2)24(28)18-8-10-22-20(14-18)21-15-19(25(29)17(3)4)9-11-23(21)27(22)13-7-12-26(5)6;1-13-22-17(12-25(13)5)23-16-9-15(14(2)27)20(28)10-18(16)26(8-6-7-24(3)4)19(23)11-21(22)29;1-13(26)16-9-18-19-10-17(14(2)27)23(29)12-21(19)25(20(18)11-22(16)28)8-6-15-5-4-7-24(15)3;1-5-23(6-2)9-10-24-20-8-7-16(14(3)25)11-18(20)19-12-17(15(4)26)22(27)13-21(19)24/h8-11,14-17H,7,12-13H2,1-6H3;9-11,28-29H,1,6-8,12H2,2-5H3;9-12,15,28-29H,4-8H2,1-3H3;7-8,11-13,27H,5-6,9-10H2,1-4H3. The summed E-state index contributed by atoms with van der Waals surface area (Å²) in [5.74, 6) is -0.476. The van der Waals surface area contributed by atoms with Gasteiger partial charge in [-0.15, -0.1) is 0 Å². The number of aromatic nitrogens is 4. The van der Waals surface area contributed by atoms with Crippen LogP contribution in [0.25, 0.3) is 92.9 Å². The molecule has 0 amide bonds. The minimum absolute atomic E-state index is 0.00585. The Labute approximate surface area is 666 Å². The van der Waals surface area contributed by atoms with Crippen LogP contribution in [0.2, 0.25) is 0 Å². The Bertz CT molecular complexity index is 5670. The third kappa shape index (κ3) is 17.0. The van der Waals surface area contributed by atoms with Crippen LogP contribution in [0.5, 0.6) is 28.7 Å². The normalized spacial score (nSPS) is 13.8. The van der Waals surface area contributed by atoms with Gasteiger partial charge in [-0.2, -0.15) is 0 Å². The van der Waals surface area contributed by atoms with Crippen LogP contribution in [0.3, 0.4) is 0 Å². The van der Waals surface area contributed by atoms with Crippen LogP contribution in [0.4, 0.5) is 0 Å². The number of rotatable bonds is 25. The number of carbonyl (C=O) groups is 7. The average molecular weight is 1550 g/mol. The number of likely N-dealkylation sites (tertiary alicyclic amines) is 1. The summed E-state index contributed by atoms with van der Waals surface area (Å²) in [4.78, 5) is 95.9. The van der Waals surface area contributed by atoms with Crippen LogP contribution in [0.15, 0.2) is 116 Å². The van der Waals surface area contributed by atoms with Gasteiger partial charge >= 0.3 is 0 Å². The number of likely N-dealkylation sites (N-methyl/N-ethyl adjacent to an activating group) is 1. The van der Waals surface area contributed by atoms with E-state index >= 15 is 0 Å². The predicted molar refractivity (Wildman–Crippen MR) is 459 cm³/mol. The predicted octanol–water partition coefficient (Wildman–Crippen LogP) is 17.5. The summed E-state index contributed by atoms with van der Waals surface area (Å²) in [5, 5.41) is 59.8. The van der Waals surface area contributed by atoms with E-state index in [2.05, 4.69) is 91.6 Å². The minimum Gasteiger partial charge on any atom is -0.507 e. The number of ketones is 7. The Morgan fingerprint density at radius 3 is 1.18 bits per heavy atom. The van der Waals surface area contributed by atoms with Crippen molar-refractivity contribution in [2.24, 2.45) is 11.8 Å². The molecule has 600 valence electrons. The molecule has 114 heavy (non-hydrogen) atoms. The lowest BCUT2D eigenvalue weighted by molar-refractivity contribution is 0.0932. The van der Waals surface area contributed by atoms with E-state index in [0.29, 0.717) is 35.8 Å². The molecule has 8 aromatic carbocycles. The topological polar surface area (TPSA) is 257 Å². The molecule has 12 aromatic rings. The molecule has 1 atom stereocenters. The zero-order valence-corrected chi connectivity index (χ0v) is 69.3. The fourth-order valence-corrected chi connectivity index (χ4v) is 16.5. The van der Waals surface area contributed by atoms with Crippen molar-refractivity contribution in [3.05, 3.63) is 166 Å². The molecule has 2 aliphatic rings. The van der Waals surface area contributed by atoms with Gasteiger partial charge in [-0.3, -0.25) is 33.6 Å². The first-order valence-electron chi connectivity index (χ1n) is 39.7. The van der Waals surface area contributed by atoms with Crippen molar-refractivity contribution in [1.82, 2.24) is 42.8 Å². The number of fused-ring (bicyclic) bond motifs is 14. The van der Waals surface area contributed by atoms with Gasteiger partial charge in [-0.25, -0.2) is 0 Å². The number of phenols is 5. The highest BCUT2D eigenvalue weighted by molar-refractivity contribution is 6.18. The van der Waals surface area contributed by atoms with Gasteiger partial charge in [0, 0.05) is 182 Å². The van der Waals surface area contributed by atoms with Crippen molar-refractivity contribution in [1.29, 1.82) is 0 Å². The lowest BCUT2D eigenvalue weighted by Gasteiger charge is -2.20. The molecule has 0 spiro atoms. The van der Waals surface area contributed by atoms with Crippen LogP contribution >= 0.6 is 0 Å². The van der Waals surface area contributed by atoms with Gasteiger partial charge in [0.05, 0.1) is 49.8 Å². The number of Topliss-reactive ketones (excluding diaryl/α,β-unsaturated/α-hetero) is 7. The molecule has 14 rings (SSSR count). The number of aryl methyl sites for hydroxylation is 3. The van der Waals surface area contributed by atoms with Crippen LogP contribution < -0.4 is 0 Å². The average Bonchev–Trinajstić information content (AvgIpc) is 1.60. The zero-order chi connectivity index (χ0) is 82.9. The van der Waals surface area contributed by atoms with Crippen LogP contribution in [-0.2, 0) is 32.7 Å². The van der Waals surface area contributed by atoms with Crippen molar-refractivity contribution < 1.29 is 59.1 Å². The summed E-state index contributed by atoms with van der Waals surface area (Å²) < 4.78 is 8.70.